The molecule has 2 rings (SSSR count). The van der Waals surface area contributed by atoms with E-state index in [1.54, 1.807) is 0 Å². The molecule has 0 bridgehead atoms. The molecule has 11 nitrogen and oxygen atoms in total. The molecule has 0 radical (unpaired) electrons. The molecule has 2 amide bonds. The van der Waals surface area contributed by atoms with E-state index in [-0.39, 0.29) is 31.2 Å². The van der Waals surface area contributed by atoms with E-state index < -0.39 is 37.4 Å². The van der Waals surface area contributed by atoms with E-state index >= 15 is 0 Å². The van der Waals surface area contributed by atoms with E-state index in [0.29, 0.717) is 13.0 Å². The molecule has 2 fully saturated rings. The minimum absolute atomic E-state index is 0.0188. The van der Waals surface area contributed by atoms with Crippen molar-refractivity contribution in [3.8, 4) is 0 Å². The summed E-state index contributed by atoms with van der Waals surface area (Å²) in [7, 11) is -3.92. The van der Waals surface area contributed by atoms with Crippen molar-refractivity contribution < 1.29 is 43.0 Å². The average molecular weight is 601 g/mol. The SMILES string of the molecule is O=C(/C=C\C(=O)NC(CCC(=O)OC1CCCCC1)C(=O)OC1CCCCC1)NCCCCCCCCP(=O)(O)O. The van der Waals surface area contributed by atoms with Gasteiger partial charge in [-0.05, 0) is 70.6 Å². The van der Waals surface area contributed by atoms with Gasteiger partial charge >= 0.3 is 19.5 Å². The second-order valence-electron chi connectivity index (χ2n) is 11.2. The van der Waals surface area contributed by atoms with E-state index in [0.717, 1.165) is 108 Å². The molecule has 0 saturated heterocycles. The van der Waals surface area contributed by atoms with Crippen LogP contribution in [0.15, 0.2) is 12.2 Å². The van der Waals surface area contributed by atoms with E-state index in [2.05, 4.69) is 10.6 Å². The van der Waals surface area contributed by atoms with Crippen LogP contribution in [0.4, 0.5) is 0 Å². The molecular weight excluding hydrogens is 551 g/mol. The van der Waals surface area contributed by atoms with Crippen LogP contribution < -0.4 is 10.6 Å². The van der Waals surface area contributed by atoms with Gasteiger partial charge in [0, 0.05) is 31.3 Å². The van der Waals surface area contributed by atoms with Gasteiger partial charge in [0.1, 0.15) is 18.2 Å². The zero-order valence-electron chi connectivity index (χ0n) is 24.2. The Morgan fingerprint density at radius 2 is 1.29 bits per heavy atom. The maximum absolute atomic E-state index is 12.9. The highest BCUT2D eigenvalue weighted by molar-refractivity contribution is 7.51. The highest BCUT2D eigenvalue weighted by Crippen LogP contribution is 2.35. The number of nitrogens with one attached hydrogen (secondary N) is 2. The molecule has 41 heavy (non-hydrogen) atoms. The lowest BCUT2D eigenvalue weighted by Gasteiger charge is -2.25. The number of amides is 2. The zero-order valence-corrected chi connectivity index (χ0v) is 25.1. The number of hydrogen-bond donors (Lipinski definition) is 4. The Morgan fingerprint density at radius 3 is 1.90 bits per heavy atom. The summed E-state index contributed by atoms with van der Waals surface area (Å²) < 4.78 is 22.0. The van der Waals surface area contributed by atoms with Crippen LogP contribution in [0.1, 0.15) is 116 Å². The van der Waals surface area contributed by atoms with Gasteiger partial charge in [-0.3, -0.25) is 18.9 Å². The largest absolute Gasteiger partial charge is 0.462 e. The summed E-state index contributed by atoms with van der Waals surface area (Å²) in [6, 6.07) is -1.02. The third-order valence-corrected chi connectivity index (χ3v) is 8.38. The molecule has 234 valence electrons. The van der Waals surface area contributed by atoms with E-state index in [4.69, 9.17) is 19.3 Å². The first-order valence-electron chi connectivity index (χ1n) is 15.3. The van der Waals surface area contributed by atoms with Crippen molar-refractivity contribution in [2.24, 2.45) is 0 Å². The average Bonchev–Trinajstić information content (AvgIpc) is 2.93. The molecule has 2 saturated carbocycles. The lowest BCUT2D eigenvalue weighted by Crippen LogP contribution is -2.43. The fraction of sp³-hybridized carbons (Fsp3) is 0.793. The summed E-state index contributed by atoms with van der Waals surface area (Å²) in [5, 5.41) is 5.30. The molecule has 4 N–H and O–H groups in total. The fourth-order valence-corrected chi connectivity index (χ4v) is 5.80. The fourth-order valence-electron chi connectivity index (χ4n) is 5.16. The molecule has 2 aliphatic carbocycles. The highest BCUT2D eigenvalue weighted by Gasteiger charge is 2.27. The van der Waals surface area contributed by atoms with Crippen molar-refractivity contribution in [2.45, 2.75) is 134 Å². The van der Waals surface area contributed by atoms with Crippen molar-refractivity contribution in [3.05, 3.63) is 12.2 Å². The normalized spacial score (nSPS) is 17.6. The van der Waals surface area contributed by atoms with Crippen LogP contribution in [-0.4, -0.2) is 64.5 Å². The molecular formula is C29H49N2O9P. The lowest BCUT2D eigenvalue weighted by molar-refractivity contribution is -0.155. The summed E-state index contributed by atoms with van der Waals surface area (Å²) in [4.78, 5) is 67.6. The quantitative estimate of drug-likeness (QED) is 0.0780. The number of ether oxygens (including phenoxy) is 2. The summed E-state index contributed by atoms with van der Waals surface area (Å²) in [6.45, 7) is 0.437. The summed E-state index contributed by atoms with van der Waals surface area (Å²) in [5.74, 6) is -2.02. The third kappa shape index (κ3) is 17.4. The molecule has 0 aromatic heterocycles. The van der Waals surface area contributed by atoms with E-state index in [9.17, 15) is 23.7 Å². The standard InChI is InChI=1S/C29H49N2O9P/c32-26(30-21-11-3-1-2-4-12-22-41(36,37)38)18-19-27(33)31-25(29(35)40-24-15-9-6-10-16-24)17-20-28(34)39-23-13-7-5-8-14-23/h18-19,23-25H,1-17,20-22H2,(H,30,32)(H,31,33)(H2,36,37,38)/b19-18-. The topological polar surface area (TPSA) is 168 Å². The smallest absolute Gasteiger partial charge is 0.328 e. The Hall–Kier alpha value is -2.23. The number of hydrogen-bond acceptors (Lipinski definition) is 7. The molecule has 1 atom stereocenters. The molecule has 0 aromatic rings. The number of carbonyl (C=O) groups excluding carboxylic acids is 4. The van der Waals surface area contributed by atoms with Crippen molar-refractivity contribution in [3.63, 3.8) is 0 Å². The Bertz CT molecular complexity index is 893. The van der Waals surface area contributed by atoms with E-state index in [1.807, 2.05) is 0 Å². The molecule has 0 aliphatic heterocycles. The first kappa shape index (κ1) is 35.0. The van der Waals surface area contributed by atoms with Gasteiger partial charge in [-0.1, -0.05) is 38.5 Å². The maximum atomic E-state index is 12.9. The van der Waals surface area contributed by atoms with Gasteiger partial charge in [0.15, 0.2) is 0 Å². The zero-order chi connectivity index (χ0) is 29.9. The summed E-state index contributed by atoms with van der Waals surface area (Å²) >= 11 is 0. The number of esters is 2. The van der Waals surface area contributed by atoms with Crippen molar-refractivity contribution in [2.75, 3.05) is 12.7 Å². The molecule has 0 spiro atoms. The predicted molar refractivity (Wildman–Crippen MR) is 154 cm³/mol. The van der Waals surface area contributed by atoms with E-state index in [1.165, 1.54) is 0 Å². The Morgan fingerprint density at radius 1 is 0.756 bits per heavy atom. The predicted octanol–water partition coefficient (Wildman–Crippen LogP) is 4.19. The Balaban J connectivity index is 1.72. The first-order chi connectivity index (χ1) is 19.6. The number of carbonyl (C=O) groups is 4. The monoisotopic (exact) mass is 600 g/mol. The minimum Gasteiger partial charge on any atom is -0.462 e. The second kappa shape index (κ2) is 19.8. The van der Waals surface area contributed by atoms with Gasteiger partial charge in [-0.25, -0.2) is 4.79 Å². The van der Waals surface area contributed by atoms with Crippen molar-refractivity contribution in [1.29, 1.82) is 0 Å². The number of unbranched alkanes of at least 4 members (excludes halogenated alkanes) is 5. The van der Waals surface area contributed by atoms with Crippen LogP contribution in [-0.2, 0) is 33.2 Å². The molecule has 2 aliphatic rings. The van der Waals surface area contributed by atoms with Crippen LogP contribution in [0.2, 0.25) is 0 Å². The Kier molecular flexibility index (Phi) is 16.9. The first-order valence-corrected chi connectivity index (χ1v) is 17.1. The van der Waals surface area contributed by atoms with Gasteiger partial charge in [0.05, 0.1) is 0 Å². The molecule has 0 aromatic carbocycles. The van der Waals surface area contributed by atoms with Crippen molar-refractivity contribution >= 4 is 31.3 Å². The molecule has 1 unspecified atom stereocenters. The third-order valence-electron chi connectivity index (χ3n) is 7.48. The lowest BCUT2D eigenvalue weighted by atomic mass is 9.97. The van der Waals surface area contributed by atoms with Gasteiger partial charge < -0.3 is 29.9 Å². The minimum atomic E-state index is -3.92. The van der Waals surface area contributed by atoms with Gasteiger partial charge in [0.25, 0.3) is 0 Å². The van der Waals surface area contributed by atoms with Gasteiger partial charge in [0.2, 0.25) is 11.8 Å². The summed E-state index contributed by atoms with van der Waals surface area (Å²) in [6.07, 6.45) is 16.1. The van der Waals surface area contributed by atoms with Crippen molar-refractivity contribution in [1.82, 2.24) is 10.6 Å². The van der Waals surface area contributed by atoms with Crippen LogP contribution in [0.25, 0.3) is 0 Å². The van der Waals surface area contributed by atoms with Crippen LogP contribution >= 0.6 is 7.60 Å². The summed E-state index contributed by atoms with van der Waals surface area (Å²) in [5.41, 5.74) is 0. The van der Waals surface area contributed by atoms with Crippen LogP contribution in [0.5, 0.6) is 0 Å². The number of rotatable bonds is 18. The second-order valence-corrected chi connectivity index (χ2v) is 13.0. The Labute approximate surface area is 243 Å². The van der Waals surface area contributed by atoms with Gasteiger partial charge in [-0.15, -0.1) is 0 Å². The van der Waals surface area contributed by atoms with Crippen LogP contribution in [0.3, 0.4) is 0 Å². The molecule has 12 heteroatoms. The van der Waals surface area contributed by atoms with Gasteiger partial charge in [-0.2, -0.15) is 0 Å². The van der Waals surface area contributed by atoms with Crippen LogP contribution in [0, 0.1) is 0 Å². The molecule has 0 heterocycles. The highest BCUT2D eigenvalue weighted by atomic mass is 31.2. The maximum Gasteiger partial charge on any atom is 0.328 e.